The summed E-state index contributed by atoms with van der Waals surface area (Å²) in [6.07, 6.45) is 1.65. The van der Waals surface area contributed by atoms with Crippen molar-refractivity contribution >= 4 is 61.7 Å². The van der Waals surface area contributed by atoms with Crippen molar-refractivity contribution in [3.05, 3.63) is 136 Å². The van der Waals surface area contributed by atoms with Crippen molar-refractivity contribution in [1.29, 1.82) is 0 Å². The molecule has 0 spiro atoms. The number of allylic oxidation sites excluding steroid dienone is 1. The maximum atomic E-state index is 14.2. The summed E-state index contributed by atoms with van der Waals surface area (Å²) >= 11 is 11.6. The molecular formula is C37H32BrClN2O5S. The van der Waals surface area contributed by atoms with Gasteiger partial charge in [0.2, 0.25) is 0 Å². The van der Waals surface area contributed by atoms with E-state index in [1.165, 1.54) is 11.3 Å². The monoisotopic (exact) mass is 730 g/mol. The number of aromatic nitrogens is 1. The van der Waals surface area contributed by atoms with Crippen LogP contribution in [0.1, 0.15) is 50.4 Å². The Morgan fingerprint density at radius 2 is 1.81 bits per heavy atom. The van der Waals surface area contributed by atoms with Crippen LogP contribution < -0.4 is 24.4 Å². The average molecular weight is 732 g/mol. The lowest BCUT2D eigenvalue weighted by molar-refractivity contribution is -0.139. The number of carbonyl (C=O) groups excluding carboxylic acids is 1. The summed E-state index contributed by atoms with van der Waals surface area (Å²) < 4.78 is 20.3. The maximum Gasteiger partial charge on any atom is 0.338 e. The second-order valence-electron chi connectivity index (χ2n) is 11.3. The molecule has 0 bridgehead atoms. The summed E-state index contributed by atoms with van der Waals surface area (Å²) in [5.74, 6) is 0.561. The van der Waals surface area contributed by atoms with E-state index in [-0.39, 0.29) is 18.3 Å². The summed E-state index contributed by atoms with van der Waals surface area (Å²) in [5, 5.41) is 2.70. The van der Waals surface area contributed by atoms with Gasteiger partial charge in [0.15, 0.2) is 10.6 Å². The van der Waals surface area contributed by atoms with Gasteiger partial charge < -0.3 is 14.2 Å². The van der Waals surface area contributed by atoms with Crippen LogP contribution >= 0.6 is 38.9 Å². The number of benzene rings is 4. The van der Waals surface area contributed by atoms with Crippen molar-refractivity contribution in [3.8, 4) is 11.5 Å². The van der Waals surface area contributed by atoms with Gasteiger partial charge in [0, 0.05) is 5.56 Å². The first-order chi connectivity index (χ1) is 22.6. The van der Waals surface area contributed by atoms with E-state index in [2.05, 4.69) is 45.2 Å². The smallest absolute Gasteiger partial charge is 0.338 e. The first-order valence-corrected chi connectivity index (χ1v) is 17.2. The SMILES string of the molecule is CCOC(=O)C1=C(C)N=c2s/c(=C/c3cc(Cl)c(OCc4ccc5ccccc5c4)c(Br)c3)c(=O)n2[C@@H]1c1ccccc1OC(C)C. The van der Waals surface area contributed by atoms with Crippen molar-refractivity contribution in [1.82, 2.24) is 4.57 Å². The zero-order chi connectivity index (χ0) is 33.2. The minimum Gasteiger partial charge on any atom is -0.491 e. The summed E-state index contributed by atoms with van der Waals surface area (Å²) in [4.78, 5) is 32.6. The molecule has 5 aromatic rings. The second kappa shape index (κ2) is 13.9. The Hall–Kier alpha value is -4.18. The van der Waals surface area contributed by atoms with Crippen LogP contribution in [0, 0.1) is 0 Å². The van der Waals surface area contributed by atoms with Crippen LogP contribution in [0.3, 0.4) is 0 Å². The predicted molar refractivity (Wildman–Crippen MR) is 190 cm³/mol. The maximum absolute atomic E-state index is 14.2. The number of hydrogen-bond donors (Lipinski definition) is 0. The van der Waals surface area contributed by atoms with E-state index >= 15 is 0 Å². The summed E-state index contributed by atoms with van der Waals surface area (Å²) in [7, 11) is 0. The molecule has 0 aliphatic carbocycles. The highest BCUT2D eigenvalue weighted by Gasteiger charge is 2.35. The molecule has 0 saturated carbocycles. The lowest BCUT2D eigenvalue weighted by Gasteiger charge is -2.26. The number of para-hydroxylation sites is 1. The molecule has 2 heterocycles. The number of nitrogens with zero attached hydrogens (tertiary/aromatic N) is 2. The topological polar surface area (TPSA) is 79.1 Å². The van der Waals surface area contributed by atoms with Crippen molar-refractivity contribution in [2.75, 3.05) is 6.61 Å². The Morgan fingerprint density at radius 3 is 2.55 bits per heavy atom. The van der Waals surface area contributed by atoms with Crippen molar-refractivity contribution in [2.24, 2.45) is 4.99 Å². The van der Waals surface area contributed by atoms with Gasteiger partial charge in [-0.15, -0.1) is 0 Å². The molecule has 7 nitrogen and oxygen atoms in total. The van der Waals surface area contributed by atoms with Gasteiger partial charge in [-0.2, -0.15) is 0 Å². The fraction of sp³-hybridized carbons (Fsp3) is 0.216. The standard InChI is InChI=1S/C37H32BrClN2O5S/c1-5-44-36(43)32-22(4)40-37-41(33(32)27-12-8-9-13-30(27)46-21(2)3)35(42)31(47-37)19-24-17-28(38)34(29(39)18-24)45-20-23-14-15-25-10-6-7-11-26(25)16-23/h6-19,21,33H,5,20H2,1-4H3/b31-19+/t33-/m1/s1. The zero-order valence-corrected chi connectivity index (χ0v) is 29.4. The first-order valence-electron chi connectivity index (χ1n) is 15.2. The normalized spacial score (nSPS) is 14.7. The first kappa shape index (κ1) is 32.7. The van der Waals surface area contributed by atoms with E-state index in [9.17, 15) is 9.59 Å². The van der Waals surface area contributed by atoms with Crippen molar-refractivity contribution in [3.63, 3.8) is 0 Å². The predicted octanol–water partition coefficient (Wildman–Crippen LogP) is 7.73. The Bertz CT molecular complexity index is 2200. The van der Waals surface area contributed by atoms with E-state index in [4.69, 9.17) is 25.8 Å². The summed E-state index contributed by atoms with van der Waals surface area (Å²) in [6.45, 7) is 7.89. The number of halogens is 2. The van der Waals surface area contributed by atoms with E-state index in [1.807, 2.05) is 62.4 Å². The second-order valence-corrected chi connectivity index (χ2v) is 13.6. The van der Waals surface area contributed by atoms with E-state index < -0.39 is 12.0 Å². The Morgan fingerprint density at radius 1 is 1.06 bits per heavy atom. The van der Waals surface area contributed by atoms with Crippen LogP contribution in [0.25, 0.3) is 16.8 Å². The molecule has 1 aliphatic rings. The fourth-order valence-corrected chi connectivity index (χ4v) is 7.63. The van der Waals surface area contributed by atoms with Gasteiger partial charge in [0.1, 0.15) is 18.4 Å². The molecule has 0 fully saturated rings. The molecular weight excluding hydrogens is 700 g/mol. The van der Waals surface area contributed by atoms with E-state index in [1.54, 1.807) is 30.6 Å². The Balaban J connectivity index is 1.38. The summed E-state index contributed by atoms with van der Waals surface area (Å²) in [5.41, 5.74) is 2.88. The van der Waals surface area contributed by atoms with Gasteiger partial charge in [0.25, 0.3) is 5.56 Å². The third-order valence-electron chi connectivity index (χ3n) is 7.61. The van der Waals surface area contributed by atoms with E-state index in [0.717, 1.165) is 16.3 Å². The molecule has 47 heavy (non-hydrogen) atoms. The Kier molecular flexibility index (Phi) is 9.68. The molecule has 1 aromatic heterocycles. The zero-order valence-electron chi connectivity index (χ0n) is 26.3. The molecule has 0 unspecified atom stereocenters. The summed E-state index contributed by atoms with van der Waals surface area (Å²) in [6, 6.07) is 24.6. The lowest BCUT2D eigenvalue weighted by atomic mass is 9.95. The van der Waals surface area contributed by atoms with Gasteiger partial charge in [-0.1, -0.05) is 77.5 Å². The van der Waals surface area contributed by atoms with Gasteiger partial charge in [-0.25, -0.2) is 9.79 Å². The number of esters is 1. The average Bonchev–Trinajstić information content (AvgIpc) is 3.33. The molecule has 10 heteroatoms. The molecule has 240 valence electrons. The highest BCUT2D eigenvalue weighted by molar-refractivity contribution is 9.10. The van der Waals surface area contributed by atoms with Gasteiger partial charge >= 0.3 is 5.97 Å². The van der Waals surface area contributed by atoms with Crippen LogP contribution in [0.5, 0.6) is 11.5 Å². The third kappa shape index (κ3) is 6.79. The molecule has 0 amide bonds. The van der Waals surface area contributed by atoms with Crippen molar-refractivity contribution in [2.45, 2.75) is 46.4 Å². The number of ether oxygens (including phenoxy) is 3. The van der Waals surface area contributed by atoms with Crippen molar-refractivity contribution < 1.29 is 19.0 Å². The molecule has 6 rings (SSSR count). The highest BCUT2D eigenvalue weighted by Crippen LogP contribution is 2.37. The van der Waals surface area contributed by atoms with Gasteiger partial charge in [-0.05, 0) is 95.9 Å². The van der Waals surface area contributed by atoms with Crippen LogP contribution in [0.4, 0.5) is 0 Å². The third-order valence-corrected chi connectivity index (χ3v) is 9.46. The van der Waals surface area contributed by atoms with Gasteiger partial charge in [-0.3, -0.25) is 9.36 Å². The molecule has 0 saturated heterocycles. The van der Waals surface area contributed by atoms with Crippen LogP contribution in [-0.2, 0) is 16.1 Å². The van der Waals surface area contributed by atoms with Crippen LogP contribution in [0.15, 0.2) is 104 Å². The lowest BCUT2D eigenvalue weighted by Crippen LogP contribution is -2.40. The highest BCUT2D eigenvalue weighted by atomic mass is 79.9. The minimum absolute atomic E-state index is 0.120. The molecule has 0 N–H and O–H groups in total. The number of fused-ring (bicyclic) bond motifs is 2. The Labute approximate surface area is 289 Å². The van der Waals surface area contributed by atoms with Gasteiger partial charge in [0.05, 0.1) is 38.0 Å². The molecule has 0 radical (unpaired) electrons. The molecule has 1 aliphatic heterocycles. The number of carbonyl (C=O) groups is 1. The molecule has 4 aromatic carbocycles. The molecule has 1 atom stereocenters. The largest absolute Gasteiger partial charge is 0.491 e. The number of rotatable bonds is 9. The quantitative estimate of drug-likeness (QED) is 0.145. The van der Waals surface area contributed by atoms with E-state index in [0.29, 0.717) is 59.3 Å². The van der Waals surface area contributed by atoms with Crippen LogP contribution in [0.2, 0.25) is 5.02 Å². The van der Waals surface area contributed by atoms with Crippen LogP contribution in [-0.4, -0.2) is 23.2 Å². The minimum atomic E-state index is -0.788. The fourth-order valence-electron chi connectivity index (χ4n) is 5.59. The number of hydrogen-bond acceptors (Lipinski definition) is 7. The number of thiazole rings is 1.